The number of non-ortho nitro benzene ring substituents is 1. The highest BCUT2D eigenvalue weighted by molar-refractivity contribution is 6.35. The van der Waals surface area contributed by atoms with E-state index in [-0.39, 0.29) is 38.7 Å². The molecule has 0 saturated carbocycles. The Hall–Kier alpha value is -3.79. The summed E-state index contributed by atoms with van der Waals surface area (Å²) in [6.07, 6.45) is -1.44. The second-order valence-electron chi connectivity index (χ2n) is 6.92. The Bertz CT molecular complexity index is 1440. The molecule has 3 N–H and O–H groups in total. The summed E-state index contributed by atoms with van der Waals surface area (Å²) in [5.74, 6) is 0. The van der Waals surface area contributed by atoms with Gasteiger partial charge in [0.25, 0.3) is 11.2 Å². The van der Waals surface area contributed by atoms with Crippen molar-refractivity contribution >= 4 is 51.3 Å². The quantitative estimate of drug-likeness (QED) is 0.207. The molecule has 4 rings (SSSR count). The summed E-state index contributed by atoms with van der Waals surface area (Å²) in [6.45, 7) is 0. The van der Waals surface area contributed by atoms with Gasteiger partial charge < -0.3 is 10.1 Å². The minimum Gasteiger partial charge on any atom is -0.382 e. The van der Waals surface area contributed by atoms with Crippen molar-refractivity contribution in [3.05, 3.63) is 109 Å². The fraction of sp³-hybridized carbons (Fsp3) is 0.0455. The predicted octanol–water partition coefficient (Wildman–Crippen LogP) is 4.69. The lowest BCUT2D eigenvalue weighted by Crippen LogP contribution is -2.26. The summed E-state index contributed by atoms with van der Waals surface area (Å²) in [4.78, 5) is 30.2. The average Bonchev–Trinajstić information content (AvgIpc) is 2.79. The van der Waals surface area contributed by atoms with Crippen LogP contribution in [0, 0.1) is 10.1 Å². The topological polar surface area (TPSA) is 134 Å². The first kappa shape index (κ1) is 22.4. The van der Waals surface area contributed by atoms with Gasteiger partial charge in [-0.3, -0.25) is 20.3 Å². The standard InChI is InChI=1S/C22H15Cl2N5O4/c23-12-6-8-15(16(24)10-12)21(30)19(28-27-13-4-2-1-3-5-13)20-22(31)26-18-11-14(29(32)33)7-9-17(18)25-20/h1-11,21,27,30H,(H,26,31)/b28-19+/t21-/m0/s1. The fourth-order valence-electron chi connectivity index (χ4n) is 3.11. The number of rotatable bonds is 6. The Labute approximate surface area is 196 Å². The number of benzene rings is 3. The number of para-hydroxylation sites is 1. The summed E-state index contributed by atoms with van der Waals surface area (Å²) >= 11 is 12.2. The van der Waals surface area contributed by atoms with Gasteiger partial charge in [0.1, 0.15) is 11.8 Å². The van der Waals surface area contributed by atoms with E-state index in [1.807, 2.05) is 6.07 Å². The molecule has 1 heterocycles. The van der Waals surface area contributed by atoms with Crippen LogP contribution >= 0.6 is 23.2 Å². The lowest BCUT2D eigenvalue weighted by Gasteiger charge is -2.16. The number of aliphatic hydroxyl groups excluding tert-OH is 1. The number of nitrogens with one attached hydrogen (secondary N) is 2. The molecule has 166 valence electrons. The van der Waals surface area contributed by atoms with Gasteiger partial charge in [-0.2, -0.15) is 5.10 Å². The molecular formula is C22H15Cl2N5O4. The fourth-order valence-corrected chi connectivity index (χ4v) is 3.62. The first-order valence-corrected chi connectivity index (χ1v) is 10.3. The van der Waals surface area contributed by atoms with Crippen LogP contribution in [0.25, 0.3) is 11.0 Å². The average molecular weight is 484 g/mol. The Kier molecular flexibility index (Phi) is 6.36. The largest absolute Gasteiger partial charge is 0.382 e. The molecule has 3 aromatic carbocycles. The molecule has 0 aliphatic heterocycles. The molecular weight excluding hydrogens is 469 g/mol. The summed E-state index contributed by atoms with van der Waals surface area (Å²) in [7, 11) is 0. The molecule has 1 atom stereocenters. The Morgan fingerprint density at radius 2 is 1.88 bits per heavy atom. The number of aromatic nitrogens is 2. The minimum atomic E-state index is -1.44. The van der Waals surface area contributed by atoms with Gasteiger partial charge in [0, 0.05) is 27.7 Å². The third-order valence-electron chi connectivity index (χ3n) is 4.72. The molecule has 11 heteroatoms. The normalized spacial score (nSPS) is 12.5. The Morgan fingerprint density at radius 1 is 1.12 bits per heavy atom. The van der Waals surface area contributed by atoms with Crippen molar-refractivity contribution in [2.75, 3.05) is 5.43 Å². The number of H-pyrrole nitrogens is 1. The van der Waals surface area contributed by atoms with E-state index in [9.17, 15) is 20.0 Å². The summed E-state index contributed by atoms with van der Waals surface area (Å²) < 4.78 is 0. The number of halogens is 2. The highest BCUT2D eigenvalue weighted by Gasteiger charge is 2.25. The second-order valence-corrected chi connectivity index (χ2v) is 7.76. The monoisotopic (exact) mass is 483 g/mol. The first-order chi connectivity index (χ1) is 15.8. The van der Waals surface area contributed by atoms with Gasteiger partial charge in [-0.1, -0.05) is 47.5 Å². The number of nitro benzene ring substituents is 1. The van der Waals surface area contributed by atoms with Crippen LogP contribution in [0.5, 0.6) is 0 Å². The van der Waals surface area contributed by atoms with Crippen molar-refractivity contribution < 1.29 is 10.0 Å². The summed E-state index contributed by atoms with van der Waals surface area (Å²) in [5, 5.41) is 27.0. The number of hydrogen-bond donors (Lipinski definition) is 3. The van der Waals surface area contributed by atoms with Crippen molar-refractivity contribution in [1.29, 1.82) is 0 Å². The molecule has 4 aromatic rings. The first-order valence-electron chi connectivity index (χ1n) is 9.54. The van der Waals surface area contributed by atoms with Crippen LogP contribution in [0.3, 0.4) is 0 Å². The van der Waals surface area contributed by atoms with Crippen LogP contribution in [-0.2, 0) is 0 Å². The van der Waals surface area contributed by atoms with Gasteiger partial charge in [0.05, 0.1) is 21.6 Å². The molecule has 0 fully saturated rings. The maximum absolute atomic E-state index is 12.9. The van der Waals surface area contributed by atoms with Gasteiger partial charge in [0.15, 0.2) is 5.69 Å². The van der Waals surface area contributed by atoms with E-state index >= 15 is 0 Å². The van der Waals surface area contributed by atoms with Crippen LogP contribution in [0.15, 0.2) is 76.6 Å². The molecule has 0 unspecified atom stereocenters. The lowest BCUT2D eigenvalue weighted by atomic mass is 10.0. The van der Waals surface area contributed by atoms with Gasteiger partial charge in [-0.05, 0) is 30.3 Å². The van der Waals surface area contributed by atoms with Gasteiger partial charge in [0.2, 0.25) is 0 Å². The van der Waals surface area contributed by atoms with Crippen LogP contribution < -0.4 is 11.0 Å². The van der Waals surface area contributed by atoms with E-state index in [0.29, 0.717) is 10.7 Å². The SMILES string of the molecule is O=c1[nH]c2cc([N+](=O)[O-])ccc2nc1/C(=N\Nc1ccccc1)[C@@H](O)c1ccc(Cl)cc1Cl. The molecule has 0 saturated heterocycles. The number of hydrogen-bond acceptors (Lipinski definition) is 7. The smallest absolute Gasteiger partial charge is 0.276 e. The number of hydrazone groups is 1. The van der Waals surface area contributed by atoms with E-state index in [1.54, 1.807) is 30.3 Å². The maximum atomic E-state index is 12.9. The Morgan fingerprint density at radius 3 is 2.58 bits per heavy atom. The van der Waals surface area contributed by atoms with Gasteiger partial charge in [-0.25, -0.2) is 4.98 Å². The Balaban J connectivity index is 1.85. The van der Waals surface area contributed by atoms with Crippen LogP contribution in [0.4, 0.5) is 11.4 Å². The zero-order valence-corrected chi connectivity index (χ0v) is 18.2. The van der Waals surface area contributed by atoms with E-state index in [4.69, 9.17) is 23.2 Å². The molecule has 0 bridgehead atoms. The van der Waals surface area contributed by atoms with Gasteiger partial charge >= 0.3 is 0 Å². The predicted molar refractivity (Wildman–Crippen MR) is 127 cm³/mol. The van der Waals surface area contributed by atoms with E-state index in [1.165, 1.54) is 30.3 Å². The molecule has 0 amide bonds. The maximum Gasteiger partial charge on any atom is 0.276 e. The van der Waals surface area contributed by atoms with Gasteiger partial charge in [-0.15, -0.1) is 0 Å². The number of aromatic amines is 1. The molecule has 9 nitrogen and oxygen atoms in total. The zero-order valence-electron chi connectivity index (χ0n) is 16.7. The highest BCUT2D eigenvalue weighted by atomic mass is 35.5. The number of fused-ring (bicyclic) bond motifs is 1. The highest BCUT2D eigenvalue weighted by Crippen LogP contribution is 2.28. The molecule has 0 aliphatic carbocycles. The molecule has 0 radical (unpaired) electrons. The van der Waals surface area contributed by atoms with Crippen molar-refractivity contribution in [2.24, 2.45) is 5.10 Å². The van der Waals surface area contributed by atoms with E-state index in [0.717, 1.165) is 0 Å². The van der Waals surface area contributed by atoms with E-state index in [2.05, 4.69) is 20.5 Å². The van der Waals surface area contributed by atoms with Crippen LogP contribution in [-0.4, -0.2) is 25.7 Å². The molecule has 0 spiro atoms. The number of aliphatic hydroxyl groups is 1. The van der Waals surface area contributed by atoms with Crippen molar-refractivity contribution in [3.8, 4) is 0 Å². The number of nitro groups is 1. The lowest BCUT2D eigenvalue weighted by molar-refractivity contribution is -0.384. The van der Waals surface area contributed by atoms with E-state index < -0.39 is 16.6 Å². The zero-order chi connectivity index (χ0) is 23.5. The molecule has 1 aromatic heterocycles. The third kappa shape index (κ3) is 4.85. The number of nitrogens with zero attached hydrogens (tertiary/aromatic N) is 3. The molecule has 0 aliphatic rings. The van der Waals surface area contributed by atoms with Crippen LogP contribution in [0.1, 0.15) is 17.4 Å². The molecule has 33 heavy (non-hydrogen) atoms. The van der Waals surface area contributed by atoms with Crippen molar-refractivity contribution in [3.63, 3.8) is 0 Å². The second kappa shape index (κ2) is 9.37. The van der Waals surface area contributed by atoms with Crippen molar-refractivity contribution in [2.45, 2.75) is 6.10 Å². The van der Waals surface area contributed by atoms with Crippen molar-refractivity contribution in [1.82, 2.24) is 9.97 Å². The summed E-state index contributed by atoms with van der Waals surface area (Å²) in [6, 6.07) is 17.3. The summed E-state index contributed by atoms with van der Waals surface area (Å²) in [5.41, 5.74) is 2.94. The minimum absolute atomic E-state index is 0.107. The number of anilines is 1. The van der Waals surface area contributed by atoms with Crippen LogP contribution in [0.2, 0.25) is 10.0 Å². The third-order valence-corrected chi connectivity index (χ3v) is 5.29.